The van der Waals surface area contributed by atoms with Crippen molar-refractivity contribution in [2.75, 3.05) is 0 Å². The fraction of sp³-hybridized carbons (Fsp3) is 0.500. The van der Waals surface area contributed by atoms with E-state index in [0.29, 0.717) is 11.4 Å². The summed E-state index contributed by atoms with van der Waals surface area (Å²) in [6.45, 7) is 3.76. The second kappa shape index (κ2) is 5.47. The van der Waals surface area contributed by atoms with Crippen molar-refractivity contribution in [3.8, 4) is 0 Å². The van der Waals surface area contributed by atoms with Crippen molar-refractivity contribution in [1.82, 2.24) is 0 Å². The number of aliphatic hydroxyl groups is 1. The molecule has 0 aromatic heterocycles. The van der Waals surface area contributed by atoms with Gasteiger partial charge in [0.25, 0.3) is 0 Å². The molecule has 0 saturated heterocycles. The first-order valence-electron chi connectivity index (χ1n) is 5.16. The van der Waals surface area contributed by atoms with Crippen LogP contribution in [0.5, 0.6) is 0 Å². The number of hydrogen-bond donors (Lipinski definition) is 1. The highest BCUT2D eigenvalue weighted by molar-refractivity contribution is 6.31. The standard InChI is InChI=1S/C12H16ClFO/c1-3-9(8(2)15)6-10-7-11(14)4-5-12(10)13/h4-5,7-9,15H,3,6H2,1-2H3. The third-order valence-electron chi connectivity index (χ3n) is 2.70. The second-order valence-electron chi connectivity index (χ2n) is 3.85. The molecular formula is C12H16ClFO. The Morgan fingerprint density at radius 3 is 2.67 bits per heavy atom. The lowest BCUT2D eigenvalue weighted by Crippen LogP contribution is -2.18. The van der Waals surface area contributed by atoms with Gasteiger partial charge in [-0.05, 0) is 43.0 Å². The first kappa shape index (κ1) is 12.5. The van der Waals surface area contributed by atoms with Crippen LogP contribution < -0.4 is 0 Å². The lowest BCUT2D eigenvalue weighted by atomic mass is 9.92. The van der Waals surface area contributed by atoms with E-state index in [2.05, 4.69) is 0 Å². The predicted octanol–water partition coefficient (Wildman–Crippen LogP) is 3.43. The Bertz CT molecular complexity index is 325. The summed E-state index contributed by atoms with van der Waals surface area (Å²) >= 11 is 5.95. The number of benzene rings is 1. The molecule has 0 bridgehead atoms. The molecule has 3 heteroatoms. The molecule has 0 spiro atoms. The fourth-order valence-corrected chi connectivity index (χ4v) is 1.83. The van der Waals surface area contributed by atoms with E-state index >= 15 is 0 Å². The molecule has 1 aromatic carbocycles. The normalized spacial score (nSPS) is 15.0. The van der Waals surface area contributed by atoms with Crippen LogP contribution in [0.4, 0.5) is 4.39 Å². The molecule has 0 saturated carbocycles. The highest BCUT2D eigenvalue weighted by Gasteiger charge is 2.15. The van der Waals surface area contributed by atoms with Gasteiger partial charge in [0, 0.05) is 5.02 Å². The minimum absolute atomic E-state index is 0.129. The van der Waals surface area contributed by atoms with E-state index in [-0.39, 0.29) is 11.7 Å². The molecule has 15 heavy (non-hydrogen) atoms. The summed E-state index contributed by atoms with van der Waals surface area (Å²) < 4.78 is 13.0. The summed E-state index contributed by atoms with van der Waals surface area (Å²) in [5.41, 5.74) is 0.768. The van der Waals surface area contributed by atoms with Gasteiger partial charge in [0.1, 0.15) is 5.82 Å². The first-order valence-corrected chi connectivity index (χ1v) is 5.54. The third kappa shape index (κ3) is 3.47. The molecule has 1 rings (SSSR count). The molecule has 0 aliphatic rings. The summed E-state index contributed by atoms with van der Waals surface area (Å²) in [5, 5.41) is 10.1. The molecule has 0 aliphatic carbocycles. The maximum atomic E-state index is 13.0. The first-order chi connectivity index (χ1) is 7.04. The van der Waals surface area contributed by atoms with Gasteiger partial charge in [-0.25, -0.2) is 4.39 Å². The lowest BCUT2D eigenvalue weighted by molar-refractivity contribution is 0.123. The number of hydrogen-bond acceptors (Lipinski definition) is 1. The van der Waals surface area contributed by atoms with Gasteiger partial charge in [-0.2, -0.15) is 0 Å². The maximum absolute atomic E-state index is 13.0. The van der Waals surface area contributed by atoms with Crippen LogP contribution in [0.25, 0.3) is 0 Å². The average Bonchev–Trinajstić information content (AvgIpc) is 2.18. The van der Waals surface area contributed by atoms with Crippen LogP contribution in [0.15, 0.2) is 18.2 Å². The molecule has 2 unspecified atom stereocenters. The quantitative estimate of drug-likeness (QED) is 0.840. The minimum atomic E-state index is -0.394. The van der Waals surface area contributed by atoms with Crippen LogP contribution in [0.1, 0.15) is 25.8 Å². The van der Waals surface area contributed by atoms with Gasteiger partial charge >= 0.3 is 0 Å². The van der Waals surface area contributed by atoms with Gasteiger partial charge in [-0.15, -0.1) is 0 Å². The van der Waals surface area contributed by atoms with Crippen molar-refractivity contribution in [3.63, 3.8) is 0 Å². The number of aliphatic hydroxyl groups excluding tert-OH is 1. The van der Waals surface area contributed by atoms with Crippen LogP contribution in [-0.4, -0.2) is 11.2 Å². The second-order valence-corrected chi connectivity index (χ2v) is 4.26. The Morgan fingerprint density at radius 1 is 1.47 bits per heavy atom. The third-order valence-corrected chi connectivity index (χ3v) is 3.07. The Hall–Kier alpha value is -0.600. The van der Waals surface area contributed by atoms with Gasteiger partial charge in [-0.3, -0.25) is 0 Å². The van der Waals surface area contributed by atoms with Gasteiger partial charge in [0.05, 0.1) is 6.10 Å². The predicted molar refractivity (Wildman–Crippen MR) is 60.6 cm³/mol. The summed E-state index contributed by atoms with van der Waals surface area (Å²) in [6, 6.07) is 4.34. The smallest absolute Gasteiger partial charge is 0.123 e. The van der Waals surface area contributed by atoms with E-state index < -0.39 is 6.10 Å². The highest BCUT2D eigenvalue weighted by Crippen LogP contribution is 2.23. The van der Waals surface area contributed by atoms with E-state index in [1.165, 1.54) is 12.1 Å². The Labute approximate surface area is 94.9 Å². The summed E-state index contributed by atoms with van der Waals surface area (Å²) in [4.78, 5) is 0. The molecule has 0 aliphatic heterocycles. The summed E-state index contributed by atoms with van der Waals surface area (Å²) in [6.07, 6.45) is 1.07. The summed E-state index contributed by atoms with van der Waals surface area (Å²) in [5.74, 6) is -0.154. The molecule has 2 atom stereocenters. The topological polar surface area (TPSA) is 20.2 Å². The fourth-order valence-electron chi connectivity index (χ4n) is 1.64. The van der Waals surface area contributed by atoms with Crippen LogP contribution >= 0.6 is 11.6 Å². The Kier molecular flexibility index (Phi) is 4.55. The van der Waals surface area contributed by atoms with Crippen molar-refractivity contribution in [2.45, 2.75) is 32.8 Å². The van der Waals surface area contributed by atoms with Crippen LogP contribution in [-0.2, 0) is 6.42 Å². The molecule has 0 heterocycles. The van der Waals surface area contributed by atoms with E-state index in [0.717, 1.165) is 12.0 Å². The van der Waals surface area contributed by atoms with Gasteiger partial charge in [0.15, 0.2) is 0 Å². The molecular weight excluding hydrogens is 215 g/mol. The zero-order valence-electron chi connectivity index (χ0n) is 9.00. The molecule has 1 N–H and O–H groups in total. The largest absolute Gasteiger partial charge is 0.393 e. The Morgan fingerprint density at radius 2 is 2.13 bits per heavy atom. The number of rotatable bonds is 4. The average molecular weight is 231 g/mol. The van der Waals surface area contributed by atoms with E-state index in [1.54, 1.807) is 13.0 Å². The molecule has 0 radical (unpaired) electrons. The van der Waals surface area contributed by atoms with Gasteiger partial charge < -0.3 is 5.11 Å². The highest BCUT2D eigenvalue weighted by atomic mass is 35.5. The minimum Gasteiger partial charge on any atom is -0.393 e. The van der Waals surface area contributed by atoms with Crippen molar-refractivity contribution in [2.24, 2.45) is 5.92 Å². The van der Waals surface area contributed by atoms with Crippen LogP contribution in [0.2, 0.25) is 5.02 Å². The maximum Gasteiger partial charge on any atom is 0.123 e. The van der Waals surface area contributed by atoms with E-state index in [9.17, 15) is 9.50 Å². The van der Waals surface area contributed by atoms with Gasteiger partial charge in [-0.1, -0.05) is 24.9 Å². The van der Waals surface area contributed by atoms with Crippen LogP contribution in [0, 0.1) is 11.7 Å². The zero-order chi connectivity index (χ0) is 11.4. The van der Waals surface area contributed by atoms with Gasteiger partial charge in [0.2, 0.25) is 0 Å². The Balaban J connectivity index is 2.82. The molecule has 1 nitrogen and oxygen atoms in total. The number of halogens is 2. The zero-order valence-corrected chi connectivity index (χ0v) is 9.76. The molecule has 0 fully saturated rings. The van der Waals surface area contributed by atoms with Crippen molar-refractivity contribution in [3.05, 3.63) is 34.6 Å². The molecule has 1 aromatic rings. The van der Waals surface area contributed by atoms with Crippen molar-refractivity contribution < 1.29 is 9.50 Å². The van der Waals surface area contributed by atoms with E-state index in [4.69, 9.17) is 11.6 Å². The van der Waals surface area contributed by atoms with Crippen molar-refractivity contribution in [1.29, 1.82) is 0 Å². The van der Waals surface area contributed by atoms with Crippen molar-refractivity contribution >= 4 is 11.6 Å². The SMILES string of the molecule is CCC(Cc1cc(F)ccc1Cl)C(C)O. The molecule has 0 amide bonds. The summed E-state index contributed by atoms with van der Waals surface area (Å²) in [7, 11) is 0. The monoisotopic (exact) mass is 230 g/mol. The lowest BCUT2D eigenvalue weighted by Gasteiger charge is -2.18. The van der Waals surface area contributed by atoms with Crippen LogP contribution in [0.3, 0.4) is 0 Å². The molecule has 84 valence electrons. The van der Waals surface area contributed by atoms with E-state index in [1.807, 2.05) is 6.92 Å².